The molecule has 1 aliphatic rings. The van der Waals surface area contributed by atoms with Gasteiger partial charge in [-0.15, -0.1) is 0 Å². The average Bonchev–Trinajstić information content (AvgIpc) is 3.23. The van der Waals surface area contributed by atoms with Crippen LogP contribution >= 0.6 is 0 Å². The highest BCUT2D eigenvalue weighted by Crippen LogP contribution is 2.39. The van der Waals surface area contributed by atoms with Gasteiger partial charge in [0, 0.05) is 11.1 Å². The van der Waals surface area contributed by atoms with Crippen LogP contribution in [0.4, 0.5) is 0 Å². The summed E-state index contributed by atoms with van der Waals surface area (Å²) in [5, 5.41) is 12.3. The Hall–Kier alpha value is -1.68. The standard InChI is InChI=1S/C15H19NO3/c1-10(18)11-3-5-12(6-4-11)14(19)16-15(2,9-17)13-7-8-13/h3-6,13,17H,7-9H2,1-2H3,(H,16,19). The number of aliphatic hydroxyl groups excluding tert-OH is 1. The lowest BCUT2D eigenvalue weighted by Gasteiger charge is -2.28. The molecule has 0 radical (unpaired) electrons. The number of hydrogen-bond acceptors (Lipinski definition) is 3. The van der Waals surface area contributed by atoms with E-state index < -0.39 is 5.54 Å². The minimum Gasteiger partial charge on any atom is -0.394 e. The number of carbonyl (C=O) groups is 2. The van der Waals surface area contributed by atoms with Crippen molar-refractivity contribution in [3.63, 3.8) is 0 Å². The largest absolute Gasteiger partial charge is 0.394 e. The van der Waals surface area contributed by atoms with Gasteiger partial charge >= 0.3 is 0 Å². The molecule has 0 saturated heterocycles. The third-order valence-corrected chi connectivity index (χ3v) is 3.76. The van der Waals surface area contributed by atoms with Crippen LogP contribution in [0.25, 0.3) is 0 Å². The lowest BCUT2D eigenvalue weighted by Crippen LogP contribution is -2.50. The molecule has 1 unspecified atom stereocenters. The third-order valence-electron chi connectivity index (χ3n) is 3.76. The molecule has 1 aromatic carbocycles. The molecule has 1 aromatic rings. The van der Waals surface area contributed by atoms with E-state index in [1.165, 1.54) is 6.92 Å². The zero-order valence-electron chi connectivity index (χ0n) is 11.3. The van der Waals surface area contributed by atoms with E-state index in [0.29, 0.717) is 17.0 Å². The van der Waals surface area contributed by atoms with Gasteiger partial charge < -0.3 is 10.4 Å². The molecule has 0 heterocycles. The fourth-order valence-corrected chi connectivity index (χ4v) is 2.18. The quantitative estimate of drug-likeness (QED) is 0.794. The predicted octanol–water partition coefficient (Wildman–Crippen LogP) is 1.78. The molecule has 19 heavy (non-hydrogen) atoms. The van der Waals surface area contributed by atoms with E-state index in [1.807, 2.05) is 6.92 Å². The highest BCUT2D eigenvalue weighted by atomic mass is 16.3. The van der Waals surface area contributed by atoms with Crippen molar-refractivity contribution < 1.29 is 14.7 Å². The fourth-order valence-electron chi connectivity index (χ4n) is 2.18. The molecule has 1 aliphatic carbocycles. The number of hydrogen-bond donors (Lipinski definition) is 2. The fraction of sp³-hybridized carbons (Fsp3) is 0.467. The number of amides is 1. The van der Waals surface area contributed by atoms with Gasteiger partial charge in [0.25, 0.3) is 5.91 Å². The molecule has 1 saturated carbocycles. The molecule has 1 amide bonds. The average molecular weight is 261 g/mol. The smallest absolute Gasteiger partial charge is 0.251 e. The van der Waals surface area contributed by atoms with Crippen LogP contribution in [0.2, 0.25) is 0 Å². The Kier molecular flexibility index (Phi) is 3.71. The maximum Gasteiger partial charge on any atom is 0.251 e. The summed E-state index contributed by atoms with van der Waals surface area (Å²) in [6, 6.07) is 6.56. The van der Waals surface area contributed by atoms with Crippen LogP contribution in [-0.2, 0) is 0 Å². The molecule has 0 aromatic heterocycles. The van der Waals surface area contributed by atoms with Gasteiger partial charge in [-0.25, -0.2) is 0 Å². The SMILES string of the molecule is CC(=O)c1ccc(C(=O)NC(C)(CO)C2CC2)cc1. The van der Waals surface area contributed by atoms with Gasteiger partial charge in [0.2, 0.25) is 0 Å². The summed E-state index contributed by atoms with van der Waals surface area (Å²) < 4.78 is 0. The predicted molar refractivity (Wildman–Crippen MR) is 72.1 cm³/mol. The lowest BCUT2D eigenvalue weighted by molar-refractivity contribution is 0.0824. The Morgan fingerprint density at radius 1 is 1.26 bits per heavy atom. The summed E-state index contributed by atoms with van der Waals surface area (Å²) in [6.45, 7) is 3.30. The first-order valence-corrected chi connectivity index (χ1v) is 6.50. The van der Waals surface area contributed by atoms with Crippen molar-refractivity contribution in [1.29, 1.82) is 0 Å². The van der Waals surface area contributed by atoms with Gasteiger partial charge in [-0.1, -0.05) is 12.1 Å². The van der Waals surface area contributed by atoms with E-state index in [2.05, 4.69) is 5.32 Å². The van der Waals surface area contributed by atoms with Crippen molar-refractivity contribution in [2.24, 2.45) is 5.92 Å². The maximum absolute atomic E-state index is 12.1. The molecule has 2 N–H and O–H groups in total. The number of carbonyl (C=O) groups excluding carboxylic acids is 2. The molecule has 2 rings (SSSR count). The summed E-state index contributed by atoms with van der Waals surface area (Å²) >= 11 is 0. The maximum atomic E-state index is 12.1. The summed E-state index contributed by atoms with van der Waals surface area (Å²) in [7, 11) is 0. The molecular weight excluding hydrogens is 242 g/mol. The number of Topliss-reactive ketones (excluding diaryl/α,β-unsaturated/α-hetero) is 1. The zero-order chi connectivity index (χ0) is 14.0. The highest BCUT2D eigenvalue weighted by Gasteiger charge is 2.42. The molecule has 4 heteroatoms. The zero-order valence-corrected chi connectivity index (χ0v) is 11.3. The second-order valence-corrected chi connectivity index (χ2v) is 5.44. The molecule has 1 atom stereocenters. The number of aliphatic hydroxyl groups is 1. The van der Waals surface area contributed by atoms with Crippen LogP contribution in [0.15, 0.2) is 24.3 Å². The van der Waals surface area contributed by atoms with Crippen molar-refractivity contribution in [3.8, 4) is 0 Å². The van der Waals surface area contributed by atoms with Crippen LogP contribution in [0.5, 0.6) is 0 Å². The topological polar surface area (TPSA) is 66.4 Å². The van der Waals surface area contributed by atoms with Crippen molar-refractivity contribution in [1.82, 2.24) is 5.32 Å². The van der Waals surface area contributed by atoms with E-state index in [9.17, 15) is 14.7 Å². The summed E-state index contributed by atoms with van der Waals surface area (Å²) in [4.78, 5) is 23.3. The normalized spacial score (nSPS) is 17.6. The Morgan fingerprint density at radius 2 is 1.79 bits per heavy atom. The summed E-state index contributed by atoms with van der Waals surface area (Å²) in [5.41, 5.74) is 0.546. The first kappa shape index (κ1) is 13.7. The van der Waals surface area contributed by atoms with Crippen LogP contribution in [-0.4, -0.2) is 28.9 Å². The van der Waals surface area contributed by atoms with Gasteiger partial charge in [-0.3, -0.25) is 9.59 Å². The van der Waals surface area contributed by atoms with Gasteiger partial charge in [0.1, 0.15) is 0 Å². The van der Waals surface area contributed by atoms with Gasteiger partial charge in [-0.05, 0) is 44.7 Å². The summed E-state index contributed by atoms with van der Waals surface area (Å²) in [5.74, 6) is 0.127. The van der Waals surface area contributed by atoms with Crippen LogP contribution in [0.3, 0.4) is 0 Å². The minimum atomic E-state index is -0.545. The van der Waals surface area contributed by atoms with E-state index in [1.54, 1.807) is 24.3 Å². The second kappa shape index (κ2) is 5.13. The second-order valence-electron chi connectivity index (χ2n) is 5.44. The van der Waals surface area contributed by atoms with E-state index in [4.69, 9.17) is 0 Å². The molecule has 102 valence electrons. The van der Waals surface area contributed by atoms with Crippen molar-refractivity contribution in [2.75, 3.05) is 6.61 Å². The minimum absolute atomic E-state index is 0.0230. The Labute approximate surface area is 112 Å². The van der Waals surface area contributed by atoms with Gasteiger partial charge in [-0.2, -0.15) is 0 Å². The molecule has 0 aliphatic heterocycles. The van der Waals surface area contributed by atoms with Crippen LogP contribution < -0.4 is 5.32 Å². The Bertz CT molecular complexity index is 491. The number of ketones is 1. The van der Waals surface area contributed by atoms with Crippen molar-refractivity contribution in [2.45, 2.75) is 32.2 Å². The number of nitrogens with one attached hydrogen (secondary N) is 1. The van der Waals surface area contributed by atoms with Gasteiger partial charge in [0.15, 0.2) is 5.78 Å². The first-order valence-electron chi connectivity index (χ1n) is 6.50. The molecule has 4 nitrogen and oxygen atoms in total. The van der Waals surface area contributed by atoms with E-state index in [-0.39, 0.29) is 18.3 Å². The number of rotatable bonds is 5. The Morgan fingerprint density at radius 3 is 2.21 bits per heavy atom. The molecular formula is C15H19NO3. The number of benzene rings is 1. The summed E-state index contributed by atoms with van der Waals surface area (Å²) in [6.07, 6.45) is 2.08. The molecule has 0 spiro atoms. The Balaban J connectivity index is 2.09. The van der Waals surface area contributed by atoms with Crippen molar-refractivity contribution in [3.05, 3.63) is 35.4 Å². The van der Waals surface area contributed by atoms with Crippen LogP contribution in [0.1, 0.15) is 47.4 Å². The van der Waals surface area contributed by atoms with Crippen LogP contribution in [0, 0.1) is 5.92 Å². The van der Waals surface area contributed by atoms with E-state index in [0.717, 1.165) is 12.8 Å². The monoisotopic (exact) mass is 261 g/mol. The highest BCUT2D eigenvalue weighted by molar-refractivity contribution is 5.98. The first-order chi connectivity index (χ1) is 8.96. The lowest BCUT2D eigenvalue weighted by atomic mass is 9.96. The van der Waals surface area contributed by atoms with E-state index >= 15 is 0 Å². The third kappa shape index (κ3) is 3.01. The molecule has 0 bridgehead atoms. The van der Waals surface area contributed by atoms with Gasteiger partial charge in [0.05, 0.1) is 12.1 Å². The van der Waals surface area contributed by atoms with Crippen molar-refractivity contribution >= 4 is 11.7 Å². The molecule has 1 fully saturated rings.